The van der Waals surface area contributed by atoms with E-state index in [-0.39, 0.29) is 10.6 Å². The number of para-hydroxylation sites is 1. The second kappa shape index (κ2) is 6.83. The summed E-state index contributed by atoms with van der Waals surface area (Å²) in [5.74, 6) is -1.86. The molecule has 0 spiro atoms. The summed E-state index contributed by atoms with van der Waals surface area (Å²) in [5.41, 5.74) is 0.257. The lowest BCUT2D eigenvalue weighted by atomic mass is 10.2. The molecule has 2 aromatic rings. The standard InChI is InChI=1S/C15H13FINO4S/c1-10(15(19)20)18(14-5-3-2-4-13(14)17)23(21,22)12-8-6-11(16)7-9-12/h2-10H,1H3,(H,19,20). The van der Waals surface area contributed by atoms with E-state index < -0.39 is 27.9 Å². The number of carbonyl (C=O) groups is 1. The van der Waals surface area contributed by atoms with Gasteiger partial charge in [-0.25, -0.2) is 17.6 Å². The van der Waals surface area contributed by atoms with E-state index >= 15 is 0 Å². The minimum Gasteiger partial charge on any atom is -0.480 e. The van der Waals surface area contributed by atoms with Crippen molar-refractivity contribution in [3.8, 4) is 0 Å². The predicted octanol–water partition coefficient (Wildman–Crippen LogP) is 3.10. The van der Waals surface area contributed by atoms with Crippen LogP contribution in [-0.4, -0.2) is 25.5 Å². The van der Waals surface area contributed by atoms with Gasteiger partial charge in [-0.2, -0.15) is 0 Å². The van der Waals surface area contributed by atoms with Gasteiger partial charge >= 0.3 is 5.97 Å². The molecule has 122 valence electrons. The molecule has 8 heteroatoms. The Kier molecular flexibility index (Phi) is 5.25. The van der Waals surface area contributed by atoms with Crippen molar-refractivity contribution in [1.29, 1.82) is 0 Å². The molecule has 0 aromatic heterocycles. The van der Waals surface area contributed by atoms with Crippen molar-refractivity contribution in [2.75, 3.05) is 4.31 Å². The van der Waals surface area contributed by atoms with Gasteiger partial charge < -0.3 is 5.11 Å². The summed E-state index contributed by atoms with van der Waals surface area (Å²) in [6.07, 6.45) is 0. The highest BCUT2D eigenvalue weighted by atomic mass is 127. The van der Waals surface area contributed by atoms with Crippen LogP contribution in [0.3, 0.4) is 0 Å². The van der Waals surface area contributed by atoms with E-state index in [2.05, 4.69) is 0 Å². The quantitative estimate of drug-likeness (QED) is 0.713. The Hall–Kier alpha value is -1.68. The monoisotopic (exact) mass is 449 g/mol. The molecule has 5 nitrogen and oxygen atoms in total. The summed E-state index contributed by atoms with van der Waals surface area (Å²) in [6.45, 7) is 1.28. The second-order valence-electron chi connectivity index (χ2n) is 4.72. The number of anilines is 1. The van der Waals surface area contributed by atoms with Crippen LogP contribution in [0.15, 0.2) is 53.4 Å². The van der Waals surface area contributed by atoms with Crippen LogP contribution in [0.5, 0.6) is 0 Å². The van der Waals surface area contributed by atoms with Gasteiger partial charge in [-0.15, -0.1) is 0 Å². The number of hydrogen-bond donors (Lipinski definition) is 1. The van der Waals surface area contributed by atoms with Gasteiger partial charge in [0.15, 0.2) is 0 Å². The molecule has 2 rings (SSSR count). The molecule has 0 saturated carbocycles. The van der Waals surface area contributed by atoms with Gasteiger partial charge in [-0.1, -0.05) is 12.1 Å². The van der Waals surface area contributed by atoms with E-state index in [0.29, 0.717) is 3.57 Å². The third-order valence-electron chi connectivity index (χ3n) is 3.17. The zero-order valence-electron chi connectivity index (χ0n) is 12.0. The maximum atomic E-state index is 13.0. The molecular formula is C15H13FINO4S. The van der Waals surface area contributed by atoms with Crippen LogP contribution in [0.1, 0.15) is 6.92 Å². The van der Waals surface area contributed by atoms with Crippen LogP contribution in [0.4, 0.5) is 10.1 Å². The Bertz CT molecular complexity index is 824. The molecule has 0 amide bonds. The van der Waals surface area contributed by atoms with Crippen molar-refractivity contribution < 1.29 is 22.7 Å². The summed E-state index contributed by atoms with van der Waals surface area (Å²) in [6, 6.07) is 9.50. The fraction of sp³-hybridized carbons (Fsp3) is 0.133. The summed E-state index contributed by atoms with van der Waals surface area (Å²) >= 11 is 1.94. The van der Waals surface area contributed by atoms with Gasteiger partial charge in [-0.05, 0) is 65.9 Å². The average molecular weight is 449 g/mol. The number of hydrogen-bond acceptors (Lipinski definition) is 3. The molecule has 0 aliphatic rings. The summed E-state index contributed by atoms with van der Waals surface area (Å²) in [4.78, 5) is 11.2. The molecule has 0 saturated heterocycles. The summed E-state index contributed by atoms with van der Waals surface area (Å²) in [7, 11) is -4.16. The van der Waals surface area contributed by atoms with Gasteiger partial charge in [0.2, 0.25) is 0 Å². The summed E-state index contributed by atoms with van der Waals surface area (Å²) < 4.78 is 40.2. The molecule has 0 aliphatic carbocycles. The highest BCUT2D eigenvalue weighted by molar-refractivity contribution is 14.1. The van der Waals surface area contributed by atoms with Crippen molar-refractivity contribution in [1.82, 2.24) is 0 Å². The van der Waals surface area contributed by atoms with Crippen LogP contribution < -0.4 is 4.31 Å². The van der Waals surface area contributed by atoms with Gasteiger partial charge in [0.1, 0.15) is 11.9 Å². The fourth-order valence-corrected chi connectivity index (χ4v) is 4.44. The lowest BCUT2D eigenvalue weighted by Gasteiger charge is -2.28. The molecule has 0 bridgehead atoms. The first kappa shape index (κ1) is 17.7. The number of benzene rings is 2. The Morgan fingerprint density at radius 3 is 2.26 bits per heavy atom. The zero-order chi connectivity index (χ0) is 17.2. The van der Waals surface area contributed by atoms with Gasteiger partial charge in [0.05, 0.1) is 10.6 Å². The molecule has 23 heavy (non-hydrogen) atoms. The number of sulfonamides is 1. The van der Waals surface area contributed by atoms with Crippen LogP contribution in [0, 0.1) is 9.39 Å². The summed E-state index contributed by atoms with van der Waals surface area (Å²) in [5, 5.41) is 9.29. The van der Waals surface area contributed by atoms with E-state index in [0.717, 1.165) is 28.6 Å². The number of nitrogens with zero attached hydrogens (tertiary/aromatic N) is 1. The number of carboxylic acids is 1. The lowest BCUT2D eigenvalue weighted by molar-refractivity contribution is -0.137. The first-order chi connectivity index (χ1) is 10.7. The molecule has 1 atom stereocenters. The van der Waals surface area contributed by atoms with Crippen LogP contribution in [-0.2, 0) is 14.8 Å². The number of carboxylic acid groups (broad SMARTS) is 1. The SMILES string of the molecule is CC(C(=O)O)N(c1ccccc1I)S(=O)(=O)c1ccc(F)cc1. The van der Waals surface area contributed by atoms with Crippen LogP contribution >= 0.6 is 22.6 Å². The smallest absolute Gasteiger partial charge is 0.327 e. The predicted molar refractivity (Wildman–Crippen MR) is 92.3 cm³/mol. The van der Waals surface area contributed by atoms with Crippen molar-refractivity contribution in [2.45, 2.75) is 17.9 Å². The Balaban J connectivity index is 2.64. The Labute approximate surface area is 146 Å². The second-order valence-corrected chi connectivity index (χ2v) is 7.70. The van der Waals surface area contributed by atoms with E-state index in [4.69, 9.17) is 0 Å². The van der Waals surface area contributed by atoms with Gasteiger partial charge in [0.25, 0.3) is 10.0 Å². The molecule has 0 aliphatic heterocycles. The topological polar surface area (TPSA) is 74.7 Å². The normalized spacial score (nSPS) is 12.7. The minimum atomic E-state index is -4.16. The van der Waals surface area contributed by atoms with Gasteiger partial charge in [0, 0.05) is 3.57 Å². The number of halogens is 2. The Morgan fingerprint density at radius 1 is 1.17 bits per heavy atom. The maximum Gasteiger partial charge on any atom is 0.327 e. The van der Waals surface area contributed by atoms with Gasteiger partial charge in [-0.3, -0.25) is 4.31 Å². The zero-order valence-corrected chi connectivity index (χ0v) is 15.0. The number of aliphatic carboxylic acids is 1. The first-order valence-corrected chi connectivity index (χ1v) is 9.04. The minimum absolute atomic E-state index is 0.174. The first-order valence-electron chi connectivity index (χ1n) is 6.52. The number of rotatable bonds is 5. The van der Waals surface area contributed by atoms with Crippen molar-refractivity contribution in [3.63, 3.8) is 0 Å². The van der Waals surface area contributed by atoms with Crippen molar-refractivity contribution in [2.24, 2.45) is 0 Å². The van der Waals surface area contributed by atoms with E-state index in [1.165, 1.54) is 13.0 Å². The van der Waals surface area contributed by atoms with E-state index in [1.54, 1.807) is 18.2 Å². The third-order valence-corrected chi connectivity index (χ3v) is 5.98. The molecule has 1 N–H and O–H groups in total. The van der Waals surface area contributed by atoms with Crippen LogP contribution in [0.25, 0.3) is 0 Å². The average Bonchev–Trinajstić information content (AvgIpc) is 2.49. The maximum absolute atomic E-state index is 13.0. The van der Waals surface area contributed by atoms with Crippen LogP contribution in [0.2, 0.25) is 0 Å². The molecule has 2 aromatic carbocycles. The fourth-order valence-electron chi connectivity index (χ4n) is 2.00. The third kappa shape index (κ3) is 3.63. The molecule has 1 unspecified atom stereocenters. The lowest BCUT2D eigenvalue weighted by Crippen LogP contribution is -2.43. The van der Waals surface area contributed by atoms with E-state index in [1.807, 2.05) is 22.6 Å². The molecular weight excluding hydrogens is 436 g/mol. The molecule has 0 radical (unpaired) electrons. The highest BCUT2D eigenvalue weighted by Gasteiger charge is 2.34. The van der Waals surface area contributed by atoms with Crippen molar-refractivity contribution in [3.05, 3.63) is 57.9 Å². The van der Waals surface area contributed by atoms with Crippen molar-refractivity contribution >= 4 is 44.3 Å². The largest absolute Gasteiger partial charge is 0.480 e. The Morgan fingerprint density at radius 2 is 1.74 bits per heavy atom. The molecule has 0 fully saturated rings. The molecule has 0 heterocycles. The highest BCUT2D eigenvalue weighted by Crippen LogP contribution is 2.30. The van der Waals surface area contributed by atoms with E-state index in [9.17, 15) is 22.7 Å².